The highest BCUT2D eigenvalue weighted by atomic mass is 19.4. The van der Waals surface area contributed by atoms with Gasteiger partial charge in [-0.15, -0.1) is 0 Å². The van der Waals surface area contributed by atoms with Crippen LogP contribution in [-0.4, -0.2) is 19.0 Å². The molecule has 0 heterocycles. The third-order valence-electron chi connectivity index (χ3n) is 0.152. The van der Waals surface area contributed by atoms with Gasteiger partial charge in [0, 0.05) is 0 Å². The van der Waals surface area contributed by atoms with Crippen LogP contribution in [0.5, 0.6) is 0 Å². The van der Waals surface area contributed by atoms with Crippen molar-refractivity contribution in [3.63, 3.8) is 0 Å². The summed E-state index contributed by atoms with van der Waals surface area (Å²) in [6, 6.07) is 0. The predicted octanol–water partition coefficient (Wildman–Crippen LogP) is 0.935. The molecule has 0 bridgehead atoms. The zero-order valence-electron chi connectivity index (χ0n) is 4.04. The van der Waals surface area contributed by atoms with Gasteiger partial charge >= 0.3 is 12.3 Å². The van der Waals surface area contributed by atoms with Gasteiger partial charge in [0.1, 0.15) is 0 Å². The Morgan fingerprint density at radius 2 is 1.33 bits per heavy atom. The summed E-state index contributed by atoms with van der Waals surface area (Å²) in [6.07, 6.45) is -4.38. The summed E-state index contributed by atoms with van der Waals surface area (Å²) in [5.41, 5.74) is 0. The van der Waals surface area contributed by atoms with E-state index in [0.717, 1.165) is 0 Å². The third kappa shape index (κ3) is 41.9. The van der Waals surface area contributed by atoms with Crippen molar-refractivity contribution >= 4 is 6.15 Å². The van der Waals surface area contributed by atoms with Crippen molar-refractivity contribution < 1.29 is 27.2 Å². The van der Waals surface area contributed by atoms with Crippen LogP contribution >= 0.6 is 0 Å². The maximum atomic E-state index is 10.4. The molecule has 0 N–H and O–H groups in total. The van der Waals surface area contributed by atoms with E-state index in [9.17, 15) is 17.6 Å². The van der Waals surface area contributed by atoms with Crippen molar-refractivity contribution in [3.8, 4) is 0 Å². The predicted molar refractivity (Wildman–Crippen MR) is 17.0 cm³/mol. The standard InChI is InChI=1S/C2H2F4.CO2/c3-1-2(4,5)6;2-1-3/h1H2;. The van der Waals surface area contributed by atoms with E-state index in [1.807, 2.05) is 0 Å². The van der Waals surface area contributed by atoms with Crippen LogP contribution in [0.4, 0.5) is 17.6 Å². The fourth-order valence-electron chi connectivity index (χ4n) is 0. The second kappa shape index (κ2) is 5.24. The molecule has 0 unspecified atom stereocenters. The Labute approximate surface area is 47.5 Å². The Bertz CT molecular complexity index is 90.5. The zero-order chi connectivity index (χ0) is 7.91. The van der Waals surface area contributed by atoms with Gasteiger partial charge in [-0.05, 0) is 0 Å². The summed E-state index contributed by atoms with van der Waals surface area (Å²) in [7, 11) is 0. The van der Waals surface area contributed by atoms with Crippen LogP contribution in [0.3, 0.4) is 0 Å². The van der Waals surface area contributed by atoms with Crippen LogP contribution in [0, 0.1) is 0 Å². The summed E-state index contributed by atoms with van der Waals surface area (Å²) >= 11 is 0. The molecule has 9 heavy (non-hydrogen) atoms. The number of carbonyl (C=O) groups excluding carboxylic acids is 2. The van der Waals surface area contributed by atoms with E-state index in [-0.39, 0.29) is 6.15 Å². The van der Waals surface area contributed by atoms with Crippen LogP contribution in [0.25, 0.3) is 0 Å². The fraction of sp³-hybridized carbons (Fsp3) is 0.667. The molecule has 0 aliphatic heterocycles. The molecule has 0 saturated carbocycles. The normalized spacial score (nSPS) is 8.89. The molecule has 0 rings (SSSR count). The second-order valence-electron chi connectivity index (χ2n) is 0.832. The van der Waals surface area contributed by atoms with E-state index in [0.29, 0.717) is 0 Å². The van der Waals surface area contributed by atoms with E-state index in [1.54, 1.807) is 0 Å². The van der Waals surface area contributed by atoms with Crippen molar-refractivity contribution in [3.05, 3.63) is 0 Å². The average Bonchev–Trinajstić information content (AvgIpc) is 1.67. The molecule has 6 heteroatoms. The monoisotopic (exact) mass is 146 g/mol. The number of rotatable bonds is 0. The van der Waals surface area contributed by atoms with Crippen molar-refractivity contribution in [2.45, 2.75) is 6.18 Å². The lowest BCUT2D eigenvalue weighted by Crippen LogP contribution is -2.08. The van der Waals surface area contributed by atoms with Crippen molar-refractivity contribution in [1.82, 2.24) is 0 Å². The molecule has 2 nitrogen and oxygen atoms in total. The SMILES string of the molecule is FCC(F)(F)F.O=C=O. The molecule has 0 saturated heterocycles. The maximum Gasteiger partial charge on any atom is 0.416 e. The lowest BCUT2D eigenvalue weighted by atomic mass is 10.8. The summed E-state index contributed by atoms with van der Waals surface area (Å²) in [5.74, 6) is 0. The van der Waals surface area contributed by atoms with Crippen LogP contribution in [0.15, 0.2) is 0 Å². The molecule has 0 radical (unpaired) electrons. The summed E-state index contributed by atoms with van der Waals surface area (Å²) < 4.78 is 41.6. The molecule has 0 aromatic rings. The van der Waals surface area contributed by atoms with Crippen molar-refractivity contribution in [2.24, 2.45) is 0 Å². The maximum absolute atomic E-state index is 10.4. The smallest absolute Gasteiger partial charge is 0.241 e. The van der Waals surface area contributed by atoms with E-state index >= 15 is 0 Å². The number of alkyl halides is 4. The van der Waals surface area contributed by atoms with E-state index in [4.69, 9.17) is 9.59 Å². The molecule has 0 aliphatic carbocycles. The van der Waals surface area contributed by atoms with Crippen molar-refractivity contribution in [2.75, 3.05) is 6.67 Å². The van der Waals surface area contributed by atoms with Crippen molar-refractivity contribution in [1.29, 1.82) is 0 Å². The first kappa shape index (κ1) is 11.0. The van der Waals surface area contributed by atoms with Gasteiger partial charge in [0.05, 0.1) is 0 Å². The molecule has 54 valence electrons. The van der Waals surface area contributed by atoms with Gasteiger partial charge in [0.25, 0.3) is 0 Å². The highest BCUT2D eigenvalue weighted by molar-refractivity contribution is 5.20. The zero-order valence-corrected chi connectivity index (χ0v) is 4.04. The first-order valence-corrected chi connectivity index (χ1v) is 1.60. The Hall–Kier alpha value is -0.900. The molecule has 0 aliphatic rings. The van der Waals surface area contributed by atoms with Gasteiger partial charge in [0.2, 0.25) is 0 Å². The Morgan fingerprint density at radius 3 is 1.33 bits per heavy atom. The molecule has 0 amide bonds. The Balaban J connectivity index is 0. The van der Waals surface area contributed by atoms with Crippen LogP contribution in [0.2, 0.25) is 0 Å². The molecule has 0 aromatic carbocycles. The van der Waals surface area contributed by atoms with Gasteiger partial charge in [-0.25, -0.2) is 4.39 Å². The Kier molecular flexibility index (Phi) is 6.39. The minimum atomic E-state index is -4.62. The van der Waals surface area contributed by atoms with Gasteiger partial charge in [-0.2, -0.15) is 22.8 Å². The van der Waals surface area contributed by atoms with Gasteiger partial charge < -0.3 is 0 Å². The van der Waals surface area contributed by atoms with Gasteiger partial charge in [0.15, 0.2) is 6.67 Å². The molecular weight excluding hydrogens is 144 g/mol. The van der Waals surface area contributed by atoms with Gasteiger partial charge in [-0.1, -0.05) is 0 Å². The Morgan fingerprint density at radius 1 is 1.22 bits per heavy atom. The summed E-state index contributed by atoms with van der Waals surface area (Å²) in [5, 5.41) is 0. The highest BCUT2D eigenvalue weighted by Gasteiger charge is 2.26. The topological polar surface area (TPSA) is 34.1 Å². The average molecular weight is 146 g/mol. The number of hydrogen-bond acceptors (Lipinski definition) is 2. The van der Waals surface area contributed by atoms with E-state index in [2.05, 4.69) is 0 Å². The minimum Gasteiger partial charge on any atom is -0.241 e. The van der Waals surface area contributed by atoms with Gasteiger partial charge in [-0.3, -0.25) is 0 Å². The van der Waals surface area contributed by atoms with Crippen LogP contribution < -0.4 is 0 Å². The largest absolute Gasteiger partial charge is 0.416 e. The molecular formula is C3H2F4O2. The minimum absolute atomic E-state index is 0.250. The summed E-state index contributed by atoms with van der Waals surface area (Å²) in [4.78, 5) is 16.2. The molecule has 0 fully saturated rings. The molecule has 0 atom stereocenters. The first-order chi connectivity index (χ1) is 3.97. The number of hydrogen-bond donors (Lipinski definition) is 0. The van der Waals surface area contributed by atoms with E-state index < -0.39 is 12.9 Å². The first-order valence-electron chi connectivity index (χ1n) is 1.60. The lowest BCUT2D eigenvalue weighted by molar-refractivity contribution is -0.191. The lowest BCUT2D eigenvalue weighted by Gasteiger charge is -1.93. The summed E-state index contributed by atoms with van der Waals surface area (Å²) in [6.45, 7) is -2.23. The van der Waals surface area contributed by atoms with E-state index in [1.165, 1.54) is 0 Å². The fourth-order valence-corrected chi connectivity index (χ4v) is 0. The van der Waals surface area contributed by atoms with Crippen LogP contribution in [-0.2, 0) is 9.59 Å². The van der Waals surface area contributed by atoms with Crippen LogP contribution in [0.1, 0.15) is 0 Å². The number of halogens is 4. The molecule has 0 aromatic heterocycles. The second-order valence-corrected chi connectivity index (χ2v) is 0.832. The quantitative estimate of drug-likeness (QED) is 0.476. The molecule has 0 spiro atoms. The third-order valence-corrected chi connectivity index (χ3v) is 0.152. The highest BCUT2D eigenvalue weighted by Crippen LogP contribution is 2.13.